The van der Waals surface area contributed by atoms with Crippen molar-refractivity contribution in [2.75, 3.05) is 5.32 Å². The lowest BCUT2D eigenvalue weighted by molar-refractivity contribution is -0.112. The number of nitriles is 1. The van der Waals surface area contributed by atoms with Crippen molar-refractivity contribution in [1.29, 1.82) is 5.26 Å². The maximum absolute atomic E-state index is 12.5. The molecule has 0 heterocycles. The quantitative estimate of drug-likeness (QED) is 0.174. The first-order valence-electron chi connectivity index (χ1n) is 9.22. The van der Waals surface area contributed by atoms with Crippen molar-refractivity contribution in [2.45, 2.75) is 13.5 Å². The number of anilines is 1. The number of rotatable bonds is 6. The molecule has 1 amide bonds. The number of nitrogens with zero attached hydrogens (tertiary/aromatic N) is 1. The fraction of sp³-hybridized carbons (Fsp3) is 0.0833. The highest BCUT2D eigenvalue weighted by Gasteiger charge is 2.13. The number of benzene rings is 3. The number of nitrogens with one attached hydrogen (secondary N) is 1. The monoisotopic (exact) mass is 650 g/mol. The summed E-state index contributed by atoms with van der Waals surface area (Å²) in [5.41, 5.74) is 3.53. The molecule has 0 saturated heterocycles. The third-order valence-corrected chi connectivity index (χ3v) is 6.22. The summed E-state index contributed by atoms with van der Waals surface area (Å²) in [6, 6.07) is 21.0. The number of amides is 1. The van der Waals surface area contributed by atoms with E-state index in [4.69, 9.17) is 4.74 Å². The lowest BCUT2D eigenvalue weighted by atomic mass is 10.1. The fourth-order valence-electron chi connectivity index (χ4n) is 2.69. The van der Waals surface area contributed by atoms with E-state index in [-0.39, 0.29) is 5.57 Å². The van der Waals surface area contributed by atoms with Crippen LogP contribution in [0, 0.1) is 21.8 Å². The molecule has 0 bridgehead atoms. The zero-order chi connectivity index (χ0) is 22.4. The van der Waals surface area contributed by atoms with Crippen LogP contribution in [0.25, 0.3) is 6.08 Å². The largest absolute Gasteiger partial charge is 0.487 e. The van der Waals surface area contributed by atoms with Gasteiger partial charge in [0.1, 0.15) is 24.0 Å². The van der Waals surface area contributed by atoms with E-state index in [0.29, 0.717) is 18.0 Å². The molecule has 0 aromatic heterocycles. The van der Waals surface area contributed by atoms with Crippen LogP contribution in [-0.4, -0.2) is 5.91 Å². The zero-order valence-corrected chi connectivity index (χ0v) is 21.8. The van der Waals surface area contributed by atoms with Crippen LogP contribution < -0.4 is 10.1 Å². The van der Waals surface area contributed by atoms with E-state index in [1.165, 1.54) is 0 Å². The molecule has 0 fully saturated rings. The molecule has 3 rings (SSSR count). The number of ether oxygens (including phenoxy) is 1. The highest BCUT2D eigenvalue weighted by molar-refractivity contribution is 14.1. The molecule has 0 atom stereocenters. The Hall–Kier alpha value is -2.15. The Morgan fingerprint density at radius 1 is 1.13 bits per heavy atom. The van der Waals surface area contributed by atoms with Gasteiger partial charge in [0.25, 0.3) is 5.91 Å². The third-order valence-electron chi connectivity index (χ3n) is 4.30. The van der Waals surface area contributed by atoms with Gasteiger partial charge in [-0.2, -0.15) is 5.26 Å². The first kappa shape index (κ1) is 23.5. The predicted molar refractivity (Wildman–Crippen MR) is 139 cm³/mol. The number of hydrogen-bond acceptors (Lipinski definition) is 3. The summed E-state index contributed by atoms with van der Waals surface area (Å²) in [5, 5.41) is 12.2. The molecule has 0 unspecified atom stereocenters. The third kappa shape index (κ3) is 6.66. The highest BCUT2D eigenvalue weighted by Crippen LogP contribution is 2.33. The molecule has 7 heteroatoms. The topological polar surface area (TPSA) is 62.1 Å². The van der Waals surface area contributed by atoms with Crippen molar-refractivity contribution in [3.63, 3.8) is 0 Å². The van der Waals surface area contributed by atoms with Gasteiger partial charge in [-0.25, -0.2) is 0 Å². The molecule has 0 spiro atoms. The van der Waals surface area contributed by atoms with Gasteiger partial charge in [-0.1, -0.05) is 45.8 Å². The van der Waals surface area contributed by atoms with Gasteiger partial charge in [0.2, 0.25) is 0 Å². The average Bonchev–Trinajstić information content (AvgIpc) is 2.74. The van der Waals surface area contributed by atoms with Gasteiger partial charge in [0.05, 0.1) is 8.04 Å². The van der Waals surface area contributed by atoms with Crippen LogP contribution in [0.4, 0.5) is 5.69 Å². The SMILES string of the molecule is Cc1ccc(NC(=O)/C(C#N)=C/c2cc(Br)c(OCc3ccc(Br)cc3)c(I)c2)cc1. The Bertz CT molecular complexity index is 1140. The second-order valence-corrected chi connectivity index (χ2v) is 9.65. The average molecular weight is 652 g/mol. The molecule has 3 aromatic carbocycles. The molecule has 0 saturated carbocycles. The number of halogens is 3. The van der Waals surface area contributed by atoms with E-state index in [0.717, 1.165) is 29.2 Å². The second-order valence-electron chi connectivity index (χ2n) is 6.72. The summed E-state index contributed by atoms with van der Waals surface area (Å²) in [7, 11) is 0. The molecule has 0 aliphatic carbocycles. The highest BCUT2D eigenvalue weighted by atomic mass is 127. The van der Waals surface area contributed by atoms with Crippen LogP contribution in [0.3, 0.4) is 0 Å². The predicted octanol–water partition coefficient (Wildman–Crippen LogP) is 7.25. The summed E-state index contributed by atoms with van der Waals surface area (Å²) in [4.78, 5) is 12.5. The molecule has 1 N–H and O–H groups in total. The van der Waals surface area contributed by atoms with Crippen molar-refractivity contribution < 1.29 is 9.53 Å². The molecule has 3 aromatic rings. The van der Waals surface area contributed by atoms with Crippen molar-refractivity contribution in [3.8, 4) is 11.8 Å². The van der Waals surface area contributed by atoms with Gasteiger partial charge in [-0.05, 0) is 99.0 Å². The van der Waals surface area contributed by atoms with Crippen molar-refractivity contribution in [1.82, 2.24) is 0 Å². The van der Waals surface area contributed by atoms with Crippen LogP contribution in [0.15, 0.2) is 75.2 Å². The first-order valence-corrected chi connectivity index (χ1v) is 11.9. The Morgan fingerprint density at radius 2 is 1.81 bits per heavy atom. The summed E-state index contributed by atoms with van der Waals surface area (Å²) in [6.07, 6.45) is 1.56. The summed E-state index contributed by atoms with van der Waals surface area (Å²) >= 11 is 9.15. The van der Waals surface area contributed by atoms with E-state index in [1.807, 2.05) is 61.5 Å². The maximum Gasteiger partial charge on any atom is 0.266 e. The second kappa shape index (κ2) is 10.9. The molecule has 0 aliphatic heterocycles. The molecule has 0 aliphatic rings. The van der Waals surface area contributed by atoms with E-state index >= 15 is 0 Å². The number of carbonyl (C=O) groups excluding carboxylic acids is 1. The van der Waals surface area contributed by atoms with Crippen LogP contribution in [-0.2, 0) is 11.4 Å². The summed E-state index contributed by atoms with van der Waals surface area (Å²) in [5.74, 6) is 0.260. The normalized spacial score (nSPS) is 11.0. The van der Waals surface area contributed by atoms with Crippen molar-refractivity contribution in [2.24, 2.45) is 0 Å². The van der Waals surface area contributed by atoms with E-state index in [2.05, 4.69) is 59.8 Å². The Balaban J connectivity index is 1.76. The zero-order valence-electron chi connectivity index (χ0n) is 16.5. The minimum absolute atomic E-state index is 0.0202. The molecule has 0 radical (unpaired) electrons. The van der Waals surface area contributed by atoms with Crippen LogP contribution in [0.2, 0.25) is 0 Å². The lowest BCUT2D eigenvalue weighted by Gasteiger charge is -2.12. The van der Waals surface area contributed by atoms with Gasteiger partial charge in [-0.15, -0.1) is 0 Å². The van der Waals surface area contributed by atoms with Crippen molar-refractivity contribution in [3.05, 3.63) is 95.4 Å². The summed E-state index contributed by atoms with van der Waals surface area (Å²) < 4.78 is 8.61. The van der Waals surface area contributed by atoms with Crippen LogP contribution in [0.1, 0.15) is 16.7 Å². The maximum atomic E-state index is 12.5. The lowest BCUT2D eigenvalue weighted by Crippen LogP contribution is -2.13. The smallest absolute Gasteiger partial charge is 0.266 e. The van der Waals surface area contributed by atoms with E-state index in [9.17, 15) is 10.1 Å². The van der Waals surface area contributed by atoms with Gasteiger partial charge in [0, 0.05) is 10.2 Å². The number of hydrogen-bond donors (Lipinski definition) is 1. The minimum Gasteiger partial charge on any atom is -0.487 e. The van der Waals surface area contributed by atoms with Gasteiger partial charge in [0.15, 0.2) is 0 Å². The Labute approximate surface area is 211 Å². The molecular formula is C24H17Br2IN2O2. The standard InChI is InChI=1S/C24H17Br2IN2O2/c1-15-2-8-20(9-3-15)29-24(30)18(13-28)10-17-11-21(26)23(22(27)12-17)31-14-16-4-6-19(25)7-5-16/h2-12H,14H2,1H3,(H,29,30)/b18-10+. The van der Waals surface area contributed by atoms with E-state index < -0.39 is 5.91 Å². The van der Waals surface area contributed by atoms with E-state index in [1.54, 1.807) is 18.2 Å². The molecule has 4 nitrogen and oxygen atoms in total. The fourth-order valence-corrected chi connectivity index (χ4v) is 4.72. The first-order chi connectivity index (χ1) is 14.9. The Kier molecular flexibility index (Phi) is 8.29. The minimum atomic E-state index is -0.451. The summed E-state index contributed by atoms with van der Waals surface area (Å²) in [6.45, 7) is 2.40. The molecule has 31 heavy (non-hydrogen) atoms. The number of aryl methyl sites for hydroxylation is 1. The molecule has 156 valence electrons. The van der Waals surface area contributed by atoms with Gasteiger partial charge >= 0.3 is 0 Å². The van der Waals surface area contributed by atoms with Crippen molar-refractivity contribution >= 4 is 72.1 Å². The van der Waals surface area contributed by atoms with Gasteiger partial charge < -0.3 is 10.1 Å². The van der Waals surface area contributed by atoms with Crippen LogP contribution >= 0.6 is 54.5 Å². The Morgan fingerprint density at radius 3 is 2.42 bits per heavy atom. The van der Waals surface area contributed by atoms with Gasteiger partial charge in [-0.3, -0.25) is 4.79 Å². The number of carbonyl (C=O) groups is 1. The molecular weight excluding hydrogens is 635 g/mol. The van der Waals surface area contributed by atoms with Crippen LogP contribution in [0.5, 0.6) is 5.75 Å².